The van der Waals surface area contributed by atoms with Gasteiger partial charge in [-0.15, -0.1) is 0 Å². The van der Waals surface area contributed by atoms with Crippen LogP contribution in [0.25, 0.3) is 22.3 Å². The summed E-state index contributed by atoms with van der Waals surface area (Å²) in [5, 5.41) is 0. The van der Waals surface area contributed by atoms with Crippen LogP contribution in [0.3, 0.4) is 0 Å². The highest BCUT2D eigenvalue weighted by Gasteiger charge is 2.86. The van der Waals surface area contributed by atoms with Crippen molar-refractivity contribution in [1.82, 2.24) is 0 Å². The molecular formula is C75H88N4. The second-order valence-electron chi connectivity index (χ2n) is 25.9. The van der Waals surface area contributed by atoms with Crippen LogP contribution in [0.1, 0.15) is 175 Å². The molecule has 1 spiro atoms. The highest BCUT2D eigenvalue weighted by molar-refractivity contribution is 5.93. The fraction of sp³-hybridized carbons (Fsp3) is 0.440. The average Bonchev–Trinajstić information content (AvgIpc) is 1.75. The molecule has 408 valence electrons. The van der Waals surface area contributed by atoms with Gasteiger partial charge in [0, 0.05) is 58.5 Å². The number of hydrogen-bond acceptors (Lipinski definition) is 4. The number of anilines is 5. The van der Waals surface area contributed by atoms with E-state index in [1.807, 2.05) is 0 Å². The van der Waals surface area contributed by atoms with Gasteiger partial charge in [-0.2, -0.15) is 0 Å². The third-order valence-corrected chi connectivity index (χ3v) is 23.4. The molecule has 7 unspecified atom stereocenters. The molecule has 6 aromatic carbocycles. The molecule has 0 N–H and O–H groups in total. The van der Waals surface area contributed by atoms with Crippen molar-refractivity contribution < 1.29 is 0 Å². The maximum Gasteiger partial charge on any atom is 0.117 e. The summed E-state index contributed by atoms with van der Waals surface area (Å²) in [6, 6.07) is 41.2. The second kappa shape index (κ2) is 18.1. The van der Waals surface area contributed by atoms with Gasteiger partial charge in [-0.1, -0.05) is 159 Å². The van der Waals surface area contributed by atoms with E-state index in [1.165, 1.54) is 138 Å². The van der Waals surface area contributed by atoms with Gasteiger partial charge in [-0.25, -0.2) is 0 Å². The number of para-hydroxylation sites is 1. The minimum atomic E-state index is -0.362. The molecule has 13 rings (SSSR count). The molecule has 8 atom stereocenters. The lowest BCUT2D eigenvalue weighted by Gasteiger charge is -2.59. The van der Waals surface area contributed by atoms with E-state index in [2.05, 4.69) is 232 Å². The summed E-state index contributed by atoms with van der Waals surface area (Å²) in [6.07, 6.45) is 17.7. The van der Waals surface area contributed by atoms with Crippen molar-refractivity contribution in [2.24, 2.45) is 16.2 Å². The van der Waals surface area contributed by atoms with E-state index in [0.717, 1.165) is 44.9 Å². The van der Waals surface area contributed by atoms with Gasteiger partial charge in [0.2, 0.25) is 0 Å². The Hall–Kier alpha value is -6.26. The standard InChI is InChI=1S/C75H88N4/c1-16-22-29-51-37-40-63-65(43-51)76(14)69-72(13,19-4)71(12,18-3)59-44-53(38-41-61(59)78(63)69)55-32-24-25-34-57(55)66-46(7)48(9)67(49(10)47(66)8)74(21-6)58-35-27-26-33-56(58)54-39-42-62-60(45-54)75(74)50(11)73(75,20-5)70-77(15)68-52(30-23-17-2)31-28-36-64(68)79(62)70/h24-28,31-44,54,69-70H,11,16-23,29-30,45H2,1-10,12-15H3/t54?,69?,70?,71?,72?,73?,74-,75?/m0/s1. The molecule has 3 aliphatic carbocycles. The number of nitrogens with zero attached hydrogens (tertiary/aromatic N) is 4. The molecule has 4 heteroatoms. The van der Waals surface area contributed by atoms with Crippen molar-refractivity contribution in [3.05, 3.63) is 194 Å². The molecule has 4 heterocycles. The summed E-state index contributed by atoms with van der Waals surface area (Å²) < 4.78 is 0. The van der Waals surface area contributed by atoms with Gasteiger partial charge in [-0.3, -0.25) is 0 Å². The van der Waals surface area contributed by atoms with E-state index in [4.69, 9.17) is 6.58 Å². The van der Waals surface area contributed by atoms with E-state index in [9.17, 15) is 0 Å². The first-order valence-corrected chi connectivity index (χ1v) is 30.9. The normalized spacial score (nSPS) is 28.3. The van der Waals surface area contributed by atoms with Crippen molar-refractivity contribution in [2.45, 2.75) is 183 Å². The third kappa shape index (κ3) is 6.17. The zero-order valence-electron chi connectivity index (χ0n) is 50.5. The number of allylic oxidation sites excluding steroid dienone is 3. The molecule has 0 aromatic heterocycles. The van der Waals surface area contributed by atoms with Crippen LogP contribution in [0.15, 0.2) is 139 Å². The van der Waals surface area contributed by atoms with Crippen molar-refractivity contribution in [3.8, 4) is 22.3 Å². The summed E-state index contributed by atoms with van der Waals surface area (Å²) in [5.41, 5.74) is 30.5. The predicted octanol–water partition coefficient (Wildman–Crippen LogP) is 19.2. The van der Waals surface area contributed by atoms with Crippen LogP contribution in [0.4, 0.5) is 28.4 Å². The fourth-order valence-corrected chi connectivity index (χ4v) is 19.2. The molecule has 4 nitrogen and oxygen atoms in total. The highest BCUT2D eigenvalue weighted by Crippen LogP contribution is 2.89. The van der Waals surface area contributed by atoms with E-state index in [-0.39, 0.29) is 39.4 Å². The smallest absolute Gasteiger partial charge is 0.117 e. The topological polar surface area (TPSA) is 13.0 Å². The average molecular weight is 1050 g/mol. The predicted molar refractivity (Wildman–Crippen MR) is 337 cm³/mol. The summed E-state index contributed by atoms with van der Waals surface area (Å²) in [4.78, 5) is 10.9. The monoisotopic (exact) mass is 1040 g/mol. The Morgan fingerprint density at radius 3 is 1.99 bits per heavy atom. The minimum absolute atomic E-state index is 0.0220. The first-order valence-electron chi connectivity index (χ1n) is 30.9. The zero-order chi connectivity index (χ0) is 55.5. The molecule has 0 amide bonds. The number of aryl methyl sites for hydroxylation is 2. The molecular weight excluding hydrogens is 957 g/mol. The van der Waals surface area contributed by atoms with Crippen molar-refractivity contribution in [2.75, 3.05) is 33.7 Å². The second-order valence-corrected chi connectivity index (χ2v) is 25.9. The van der Waals surface area contributed by atoms with Crippen molar-refractivity contribution in [1.29, 1.82) is 0 Å². The lowest BCUT2D eigenvalue weighted by atomic mass is 9.53. The Balaban J connectivity index is 1.00. The SMILES string of the molecule is C=C1C2(CC)C3N(C)c4c(CCCC)cccc4N3C3=C4CC(C=C3)c3ccccc3[C@@](CC)(c3c(C)c(C)c(-c5ccccc5-c5ccc6c(c5)C(C)(CC)C(C)(CC)C5N(C)c7cc(CCCC)ccc7N65)c(C)c3C)C142. The first-order chi connectivity index (χ1) is 38.1. The largest absolute Gasteiger partial charge is 0.352 e. The van der Waals surface area contributed by atoms with Crippen molar-refractivity contribution >= 4 is 28.4 Å². The number of fused-ring (bicyclic) bond motifs is 13. The molecule has 0 saturated heterocycles. The molecule has 4 aliphatic heterocycles. The maximum absolute atomic E-state index is 5.43. The number of unbranched alkanes of at least 4 members (excludes halogenated alkanes) is 2. The van der Waals surface area contributed by atoms with Crippen LogP contribution in [0.2, 0.25) is 0 Å². The molecule has 1 saturated carbocycles. The Kier molecular flexibility index (Phi) is 12.0. The van der Waals surface area contributed by atoms with Crippen LogP contribution in [-0.2, 0) is 23.7 Å². The Morgan fingerprint density at radius 2 is 1.29 bits per heavy atom. The highest BCUT2D eigenvalue weighted by atomic mass is 15.5. The van der Waals surface area contributed by atoms with E-state index in [1.54, 1.807) is 11.1 Å². The van der Waals surface area contributed by atoms with Gasteiger partial charge in [0.05, 0.1) is 22.7 Å². The fourth-order valence-electron chi connectivity index (χ4n) is 19.2. The van der Waals surface area contributed by atoms with Crippen LogP contribution >= 0.6 is 0 Å². The summed E-state index contributed by atoms with van der Waals surface area (Å²) in [5.74, 6) is 0.307. The third-order valence-electron chi connectivity index (χ3n) is 23.4. The Morgan fingerprint density at radius 1 is 0.595 bits per heavy atom. The van der Waals surface area contributed by atoms with E-state index in [0.29, 0.717) is 5.92 Å². The number of rotatable bonds is 13. The lowest BCUT2D eigenvalue weighted by Crippen LogP contribution is -2.62. The van der Waals surface area contributed by atoms with E-state index >= 15 is 0 Å². The summed E-state index contributed by atoms with van der Waals surface area (Å²) in [6.45, 7) is 35.1. The molecule has 7 aliphatic rings. The summed E-state index contributed by atoms with van der Waals surface area (Å²) >= 11 is 0. The van der Waals surface area contributed by atoms with Gasteiger partial charge in [0.15, 0.2) is 0 Å². The molecule has 2 bridgehead atoms. The molecule has 1 fully saturated rings. The zero-order valence-corrected chi connectivity index (χ0v) is 50.5. The first kappa shape index (κ1) is 52.1. The van der Waals surface area contributed by atoms with Gasteiger partial charge >= 0.3 is 0 Å². The van der Waals surface area contributed by atoms with Gasteiger partial charge in [-0.05, 0) is 205 Å². The molecule has 6 aromatic rings. The van der Waals surface area contributed by atoms with E-state index < -0.39 is 0 Å². The number of hydrogen-bond donors (Lipinski definition) is 0. The quantitative estimate of drug-likeness (QED) is 0.107. The van der Waals surface area contributed by atoms with Crippen LogP contribution in [-0.4, -0.2) is 26.4 Å². The van der Waals surface area contributed by atoms with Crippen LogP contribution < -0.4 is 19.6 Å². The van der Waals surface area contributed by atoms with Crippen molar-refractivity contribution in [3.63, 3.8) is 0 Å². The van der Waals surface area contributed by atoms with Crippen LogP contribution in [0, 0.1) is 43.9 Å². The minimum Gasteiger partial charge on any atom is -0.352 e. The lowest BCUT2D eigenvalue weighted by molar-refractivity contribution is 0.0945. The van der Waals surface area contributed by atoms with Gasteiger partial charge in [0.1, 0.15) is 12.3 Å². The Bertz CT molecular complexity index is 3580. The molecule has 79 heavy (non-hydrogen) atoms. The maximum atomic E-state index is 5.43. The van der Waals surface area contributed by atoms with Gasteiger partial charge in [0.25, 0.3) is 0 Å². The Labute approximate surface area is 475 Å². The number of benzene rings is 6. The van der Waals surface area contributed by atoms with Gasteiger partial charge < -0.3 is 19.6 Å². The molecule has 0 radical (unpaired) electrons. The summed E-state index contributed by atoms with van der Waals surface area (Å²) in [7, 11) is 4.78. The van der Waals surface area contributed by atoms with Crippen LogP contribution in [0.5, 0.6) is 0 Å².